The van der Waals surface area contributed by atoms with E-state index in [4.69, 9.17) is 0 Å². The lowest BCUT2D eigenvalue weighted by Gasteiger charge is -2.19. The molecule has 0 spiro atoms. The molecule has 1 aliphatic heterocycles. The zero-order valence-corrected chi connectivity index (χ0v) is 18.3. The summed E-state index contributed by atoms with van der Waals surface area (Å²) in [5.74, 6) is -0.859. The molecule has 1 fully saturated rings. The first-order chi connectivity index (χ1) is 16.2. The molecule has 11 heteroatoms. The number of benzene rings is 2. The first-order valence-corrected chi connectivity index (χ1v) is 10.8. The summed E-state index contributed by atoms with van der Waals surface area (Å²) in [7, 11) is 0. The standard InChI is InChI=1S/C23H17F3N4O3S/c24-23(25,26)34-18-8-6-17(7-9-18)30-20(31)14-29(22(30)33)13-16-10-11-27-12-19(16)28-21(32)15-4-2-1-3-5-15/h1-12H,13-14H2,(H,28,32). The van der Waals surface area contributed by atoms with Crippen LogP contribution in [0.25, 0.3) is 0 Å². The van der Waals surface area contributed by atoms with Crippen molar-refractivity contribution >= 4 is 41.0 Å². The van der Waals surface area contributed by atoms with Gasteiger partial charge < -0.3 is 10.2 Å². The van der Waals surface area contributed by atoms with Crippen molar-refractivity contribution in [2.24, 2.45) is 0 Å². The van der Waals surface area contributed by atoms with E-state index < -0.39 is 17.4 Å². The molecule has 4 rings (SSSR count). The summed E-state index contributed by atoms with van der Waals surface area (Å²) in [6.45, 7) is -0.192. The average molecular weight is 486 g/mol. The van der Waals surface area contributed by atoms with Crippen molar-refractivity contribution in [2.45, 2.75) is 16.9 Å². The summed E-state index contributed by atoms with van der Waals surface area (Å²) >= 11 is -0.279. The molecule has 7 nitrogen and oxygen atoms in total. The van der Waals surface area contributed by atoms with Gasteiger partial charge in [0.2, 0.25) is 0 Å². The number of hydrogen-bond acceptors (Lipinski definition) is 5. The maximum atomic E-state index is 12.9. The third-order valence-corrected chi connectivity index (χ3v) is 5.66. The van der Waals surface area contributed by atoms with Crippen LogP contribution in [0.2, 0.25) is 0 Å². The number of anilines is 2. The summed E-state index contributed by atoms with van der Waals surface area (Å²) in [5.41, 5.74) is -2.85. The number of nitrogens with zero attached hydrogens (tertiary/aromatic N) is 3. The molecule has 0 aliphatic carbocycles. The van der Waals surface area contributed by atoms with Crippen molar-refractivity contribution in [2.75, 3.05) is 16.8 Å². The molecule has 34 heavy (non-hydrogen) atoms. The molecule has 0 radical (unpaired) electrons. The summed E-state index contributed by atoms with van der Waals surface area (Å²) in [5, 5.41) is 2.76. The largest absolute Gasteiger partial charge is 0.446 e. The van der Waals surface area contributed by atoms with Gasteiger partial charge in [-0.3, -0.25) is 14.6 Å². The molecule has 1 saturated heterocycles. The van der Waals surface area contributed by atoms with Crippen LogP contribution in [-0.2, 0) is 11.3 Å². The molecular weight excluding hydrogens is 469 g/mol. The molecule has 174 valence electrons. The van der Waals surface area contributed by atoms with Gasteiger partial charge in [0.1, 0.15) is 6.54 Å². The van der Waals surface area contributed by atoms with Gasteiger partial charge in [0.05, 0.1) is 24.1 Å². The van der Waals surface area contributed by atoms with Gasteiger partial charge in [0.15, 0.2) is 0 Å². The number of carbonyl (C=O) groups excluding carboxylic acids is 3. The second-order valence-electron chi connectivity index (χ2n) is 7.26. The Bertz CT molecular complexity index is 1220. The number of urea groups is 1. The van der Waals surface area contributed by atoms with Crippen molar-refractivity contribution in [3.8, 4) is 0 Å². The van der Waals surface area contributed by atoms with E-state index in [9.17, 15) is 27.6 Å². The van der Waals surface area contributed by atoms with Crippen molar-refractivity contribution in [3.63, 3.8) is 0 Å². The number of hydrogen-bond donors (Lipinski definition) is 1. The predicted octanol–water partition coefficient (Wildman–Crippen LogP) is 4.91. The van der Waals surface area contributed by atoms with Gasteiger partial charge in [-0.15, -0.1) is 0 Å². The third-order valence-electron chi connectivity index (χ3n) is 4.92. The van der Waals surface area contributed by atoms with E-state index in [1.54, 1.807) is 36.4 Å². The number of thioether (sulfide) groups is 1. The SMILES string of the molecule is O=C(Nc1cnccc1CN1CC(=O)N(c2ccc(SC(F)(F)F)cc2)C1=O)c1ccccc1. The topological polar surface area (TPSA) is 82.6 Å². The minimum absolute atomic E-state index is 0.0238. The number of imide groups is 1. The van der Waals surface area contributed by atoms with Gasteiger partial charge >= 0.3 is 11.5 Å². The lowest BCUT2D eigenvalue weighted by molar-refractivity contribution is -0.116. The van der Waals surface area contributed by atoms with E-state index in [-0.39, 0.29) is 41.3 Å². The van der Waals surface area contributed by atoms with Crippen molar-refractivity contribution in [3.05, 3.63) is 84.2 Å². The molecule has 0 bridgehead atoms. The van der Waals surface area contributed by atoms with Crippen molar-refractivity contribution in [1.82, 2.24) is 9.88 Å². The minimum atomic E-state index is -4.43. The van der Waals surface area contributed by atoms with Crippen LogP contribution < -0.4 is 10.2 Å². The molecule has 0 atom stereocenters. The number of alkyl halides is 3. The van der Waals surface area contributed by atoms with Gasteiger partial charge in [-0.05, 0) is 59.8 Å². The molecule has 0 unspecified atom stereocenters. The minimum Gasteiger partial charge on any atom is -0.320 e. The second-order valence-corrected chi connectivity index (χ2v) is 8.40. The van der Waals surface area contributed by atoms with Gasteiger partial charge in [0, 0.05) is 16.7 Å². The Morgan fingerprint density at radius 1 is 1.03 bits per heavy atom. The van der Waals surface area contributed by atoms with Crippen LogP contribution in [0, 0.1) is 0 Å². The molecule has 1 aromatic heterocycles. The number of carbonyl (C=O) groups is 3. The van der Waals surface area contributed by atoms with Gasteiger partial charge in [0.25, 0.3) is 11.8 Å². The van der Waals surface area contributed by atoms with E-state index in [0.717, 1.165) is 4.90 Å². The maximum absolute atomic E-state index is 12.9. The molecule has 2 heterocycles. The fourth-order valence-corrected chi connectivity index (χ4v) is 3.93. The van der Waals surface area contributed by atoms with Crippen LogP contribution in [0.4, 0.5) is 29.3 Å². The predicted molar refractivity (Wildman–Crippen MR) is 120 cm³/mol. The van der Waals surface area contributed by atoms with Crippen molar-refractivity contribution in [1.29, 1.82) is 0 Å². The normalized spacial score (nSPS) is 14.0. The highest BCUT2D eigenvalue weighted by molar-refractivity contribution is 8.00. The van der Waals surface area contributed by atoms with E-state index in [0.29, 0.717) is 16.8 Å². The quantitative estimate of drug-likeness (QED) is 0.395. The summed E-state index contributed by atoms with van der Waals surface area (Å²) in [6, 6.07) is 14.6. The number of nitrogens with one attached hydrogen (secondary N) is 1. The number of amides is 4. The average Bonchev–Trinajstić information content (AvgIpc) is 3.08. The van der Waals surface area contributed by atoms with Crippen LogP contribution in [0.1, 0.15) is 15.9 Å². The zero-order chi connectivity index (χ0) is 24.3. The first kappa shape index (κ1) is 23.3. The number of pyridine rings is 1. The monoisotopic (exact) mass is 486 g/mol. The Balaban J connectivity index is 1.48. The Labute approximate surface area is 196 Å². The summed E-state index contributed by atoms with van der Waals surface area (Å²) in [6.07, 6.45) is 2.96. The first-order valence-electron chi connectivity index (χ1n) is 9.98. The third kappa shape index (κ3) is 5.37. The Morgan fingerprint density at radius 2 is 1.74 bits per heavy atom. The van der Waals surface area contributed by atoms with Gasteiger partial charge in [-0.25, -0.2) is 9.69 Å². The lowest BCUT2D eigenvalue weighted by atomic mass is 10.2. The molecule has 3 aromatic rings. The number of halogens is 3. The molecule has 2 aromatic carbocycles. The van der Waals surface area contributed by atoms with Crippen LogP contribution in [0.5, 0.6) is 0 Å². The highest BCUT2D eigenvalue weighted by Crippen LogP contribution is 2.37. The Morgan fingerprint density at radius 3 is 2.41 bits per heavy atom. The smallest absolute Gasteiger partial charge is 0.320 e. The van der Waals surface area contributed by atoms with Crippen LogP contribution in [0.15, 0.2) is 78.0 Å². The van der Waals surface area contributed by atoms with E-state index in [1.165, 1.54) is 41.6 Å². The Kier molecular flexibility index (Phi) is 6.55. The molecule has 1 aliphatic rings. The Hall–Kier alpha value is -3.86. The van der Waals surface area contributed by atoms with Gasteiger partial charge in [-0.1, -0.05) is 18.2 Å². The number of rotatable bonds is 6. The van der Waals surface area contributed by atoms with Crippen LogP contribution in [-0.4, -0.2) is 39.8 Å². The maximum Gasteiger partial charge on any atom is 0.446 e. The fraction of sp³-hybridized carbons (Fsp3) is 0.130. The van der Waals surface area contributed by atoms with E-state index >= 15 is 0 Å². The summed E-state index contributed by atoms with van der Waals surface area (Å²) < 4.78 is 37.6. The second kappa shape index (κ2) is 9.56. The van der Waals surface area contributed by atoms with E-state index in [2.05, 4.69) is 10.3 Å². The highest BCUT2D eigenvalue weighted by Gasteiger charge is 2.37. The zero-order valence-electron chi connectivity index (χ0n) is 17.5. The van der Waals surface area contributed by atoms with Crippen LogP contribution in [0.3, 0.4) is 0 Å². The lowest BCUT2D eigenvalue weighted by Crippen LogP contribution is -2.33. The molecular formula is C23H17F3N4O3S. The molecule has 4 amide bonds. The van der Waals surface area contributed by atoms with Gasteiger partial charge in [-0.2, -0.15) is 13.2 Å². The van der Waals surface area contributed by atoms with Crippen LogP contribution >= 0.6 is 11.8 Å². The summed E-state index contributed by atoms with van der Waals surface area (Å²) in [4.78, 5) is 44.2. The molecule has 0 saturated carbocycles. The number of aromatic nitrogens is 1. The highest BCUT2D eigenvalue weighted by atomic mass is 32.2. The molecule has 1 N–H and O–H groups in total. The van der Waals surface area contributed by atoms with E-state index in [1.807, 2.05) is 0 Å². The van der Waals surface area contributed by atoms with Crippen molar-refractivity contribution < 1.29 is 27.6 Å². The fourth-order valence-electron chi connectivity index (χ4n) is 3.39.